The van der Waals surface area contributed by atoms with Crippen molar-refractivity contribution in [2.45, 2.75) is 51.4 Å². The third kappa shape index (κ3) is 1.45. The van der Waals surface area contributed by atoms with Crippen LogP contribution in [0.25, 0.3) is 0 Å². The van der Waals surface area contributed by atoms with E-state index in [0.29, 0.717) is 11.8 Å². The first-order valence-electron chi connectivity index (χ1n) is 10.8. The van der Waals surface area contributed by atoms with Gasteiger partial charge in [-0.2, -0.15) is 0 Å². The molecular formula is C26H30. The molecule has 0 heteroatoms. The minimum absolute atomic E-state index is 0.261. The first-order valence-corrected chi connectivity index (χ1v) is 10.8. The minimum atomic E-state index is 0.261. The molecule has 0 bridgehead atoms. The third-order valence-electron chi connectivity index (χ3n) is 9.56. The summed E-state index contributed by atoms with van der Waals surface area (Å²) in [5.74, 6) is 6.61. The molecule has 2 aromatic rings. The second-order valence-electron chi connectivity index (χ2n) is 9.99. The van der Waals surface area contributed by atoms with Gasteiger partial charge < -0.3 is 0 Å². The molecule has 2 fully saturated rings. The molecule has 0 aliphatic heterocycles. The van der Waals surface area contributed by atoms with E-state index in [4.69, 9.17) is 0 Å². The predicted octanol–water partition coefficient (Wildman–Crippen LogP) is 6.36. The topological polar surface area (TPSA) is 0 Å². The van der Waals surface area contributed by atoms with Gasteiger partial charge in [0.25, 0.3) is 0 Å². The van der Waals surface area contributed by atoms with Crippen LogP contribution in [-0.4, -0.2) is 0 Å². The zero-order chi connectivity index (χ0) is 17.8. The number of fused-ring (bicyclic) bond motifs is 10. The Morgan fingerprint density at radius 3 is 2.15 bits per heavy atom. The Bertz CT molecular complexity index is 894. The summed E-state index contributed by atoms with van der Waals surface area (Å²) in [7, 11) is 0. The van der Waals surface area contributed by atoms with Gasteiger partial charge >= 0.3 is 0 Å². The van der Waals surface area contributed by atoms with Crippen molar-refractivity contribution in [3.05, 3.63) is 70.8 Å². The molecule has 26 heavy (non-hydrogen) atoms. The van der Waals surface area contributed by atoms with Crippen LogP contribution in [0.2, 0.25) is 0 Å². The highest BCUT2D eigenvalue weighted by molar-refractivity contribution is 5.61. The van der Waals surface area contributed by atoms with Crippen molar-refractivity contribution in [1.82, 2.24) is 0 Å². The maximum atomic E-state index is 2.56. The minimum Gasteiger partial charge on any atom is -0.0622 e. The quantitative estimate of drug-likeness (QED) is 0.522. The van der Waals surface area contributed by atoms with E-state index in [1.807, 2.05) is 0 Å². The van der Waals surface area contributed by atoms with Gasteiger partial charge in [-0.1, -0.05) is 76.2 Å². The van der Waals surface area contributed by atoms with Crippen LogP contribution in [0.5, 0.6) is 0 Å². The summed E-state index contributed by atoms with van der Waals surface area (Å²) in [5, 5.41) is 0. The second kappa shape index (κ2) is 4.83. The standard InChI is InChI=1S/C26H30/c1-14-13-20-23(15(14)2)25-24(20)19-10-6-8-12-22(19)26(25)17(4)16(3)18-9-5-7-11-21(18)26/h5-12,14-17,20,23-25H,13H2,1-4H3/t14-,15-,16-,17+,20+,23-,24?,25-,26?/m0/s1. The van der Waals surface area contributed by atoms with Crippen molar-refractivity contribution in [2.24, 2.45) is 35.5 Å². The molecule has 2 saturated carbocycles. The van der Waals surface area contributed by atoms with Gasteiger partial charge in [0.05, 0.1) is 0 Å². The molecule has 0 N–H and O–H groups in total. The maximum absolute atomic E-state index is 2.56. The van der Waals surface area contributed by atoms with Crippen LogP contribution < -0.4 is 0 Å². The highest BCUT2D eigenvalue weighted by atomic mass is 14.7. The lowest BCUT2D eigenvalue weighted by molar-refractivity contribution is -0.0111. The summed E-state index contributed by atoms with van der Waals surface area (Å²) in [6.45, 7) is 10.1. The summed E-state index contributed by atoms with van der Waals surface area (Å²) >= 11 is 0. The average Bonchev–Trinajstić information content (AvgIpc) is 3.14. The monoisotopic (exact) mass is 342 g/mol. The molecule has 2 aromatic carbocycles. The molecule has 2 unspecified atom stereocenters. The fourth-order valence-electron chi connectivity index (χ4n) is 8.32. The average molecular weight is 343 g/mol. The van der Waals surface area contributed by atoms with Gasteiger partial charge in [-0.15, -0.1) is 0 Å². The molecule has 134 valence electrons. The van der Waals surface area contributed by atoms with Gasteiger partial charge in [0, 0.05) is 5.41 Å². The van der Waals surface area contributed by atoms with E-state index >= 15 is 0 Å². The molecule has 0 nitrogen and oxygen atoms in total. The Labute approximate surface area is 158 Å². The number of hydrogen-bond acceptors (Lipinski definition) is 0. The molecule has 0 saturated heterocycles. The molecule has 4 aliphatic carbocycles. The highest BCUT2D eigenvalue weighted by Crippen LogP contribution is 2.77. The zero-order valence-corrected chi connectivity index (χ0v) is 16.4. The summed E-state index contributed by atoms with van der Waals surface area (Å²) in [4.78, 5) is 0. The van der Waals surface area contributed by atoms with Gasteiger partial charge in [-0.05, 0) is 76.0 Å². The van der Waals surface area contributed by atoms with Crippen molar-refractivity contribution < 1.29 is 0 Å². The van der Waals surface area contributed by atoms with Crippen LogP contribution in [0.15, 0.2) is 48.5 Å². The van der Waals surface area contributed by atoms with E-state index in [1.54, 1.807) is 22.3 Å². The molecular weight excluding hydrogens is 312 g/mol. The largest absolute Gasteiger partial charge is 0.0622 e. The van der Waals surface area contributed by atoms with Crippen LogP contribution in [0.3, 0.4) is 0 Å². The fraction of sp³-hybridized carbons (Fsp3) is 0.538. The fourth-order valence-corrected chi connectivity index (χ4v) is 8.32. The Kier molecular flexibility index (Phi) is 2.88. The molecule has 4 aliphatic rings. The van der Waals surface area contributed by atoms with Crippen molar-refractivity contribution in [3.63, 3.8) is 0 Å². The number of benzene rings is 2. The Hall–Kier alpha value is -1.56. The van der Waals surface area contributed by atoms with E-state index in [0.717, 1.165) is 35.5 Å². The van der Waals surface area contributed by atoms with Gasteiger partial charge in [-0.3, -0.25) is 0 Å². The highest BCUT2D eigenvalue weighted by Gasteiger charge is 2.71. The Morgan fingerprint density at radius 2 is 1.42 bits per heavy atom. The SMILES string of the molecule is C[C@@H]1[C@@H]2[C@H]3C(c4ccccc4C34c3ccccc3[C@@H](C)[C@H]4C)[C@@H]2C[C@@H]1C. The Morgan fingerprint density at radius 1 is 0.808 bits per heavy atom. The molecule has 1 spiro atoms. The second-order valence-corrected chi connectivity index (χ2v) is 9.99. The zero-order valence-electron chi connectivity index (χ0n) is 16.4. The van der Waals surface area contributed by atoms with Crippen molar-refractivity contribution in [3.8, 4) is 0 Å². The van der Waals surface area contributed by atoms with Crippen LogP contribution >= 0.6 is 0 Å². The van der Waals surface area contributed by atoms with Gasteiger partial charge in [0.2, 0.25) is 0 Å². The Balaban J connectivity index is 1.65. The molecule has 0 amide bonds. The van der Waals surface area contributed by atoms with Gasteiger partial charge in [0.1, 0.15) is 0 Å². The summed E-state index contributed by atoms with van der Waals surface area (Å²) < 4.78 is 0. The predicted molar refractivity (Wildman–Crippen MR) is 107 cm³/mol. The van der Waals surface area contributed by atoms with Gasteiger partial charge in [-0.25, -0.2) is 0 Å². The van der Waals surface area contributed by atoms with Crippen LogP contribution in [-0.2, 0) is 5.41 Å². The van der Waals surface area contributed by atoms with Crippen LogP contribution in [0, 0.1) is 35.5 Å². The third-order valence-corrected chi connectivity index (χ3v) is 9.56. The van der Waals surface area contributed by atoms with E-state index in [1.165, 1.54) is 6.42 Å². The normalized spacial score (nSPS) is 47.2. The smallest absolute Gasteiger partial charge is 0.0276 e. The molecule has 0 aromatic heterocycles. The first-order chi connectivity index (χ1) is 12.6. The van der Waals surface area contributed by atoms with Gasteiger partial charge in [0.15, 0.2) is 0 Å². The lowest BCUT2D eigenvalue weighted by Gasteiger charge is -2.55. The number of rotatable bonds is 0. The molecule has 6 rings (SSSR count). The lowest BCUT2D eigenvalue weighted by atomic mass is 9.48. The van der Waals surface area contributed by atoms with Crippen LogP contribution in [0.1, 0.15) is 68.2 Å². The van der Waals surface area contributed by atoms with E-state index in [-0.39, 0.29) is 5.41 Å². The van der Waals surface area contributed by atoms with Crippen molar-refractivity contribution in [2.75, 3.05) is 0 Å². The molecule has 0 heterocycles. The van der Waals surface area contributed by atoms with Crippen LogP contribution in [0.4, 0.5) is 0 Å². The first kappa shape index (κ1) is 15.5. The lowest BCUT2D eigenvalue weighted by Crippen LogP contribution is -2.52. The molecule has 0 radical (unpaired) electrons. The van der Waals surface area contributed by atoms with E-state index in [9.17, 15) is 0 Å². The molecule has 9 atom stereocenters. The van der Waals surface area contributed by atoms with E-state index in [2.05, 4.69) is 76.2 Å². The van der Waals surface area contributed by atoms with Crippen molar-refractivity contribution >= 4 is 0 Å². The summed E-state index contributed by atoms with van der Waals surface area (Å²) in [6.07, 6.45) is 1.45. The van der Waals surface area contributed by atoms with Crippen molar-refractivity contribution in [1.29, 1.82) is 0 Å². The van der Waals surface area contributed by atoms with E-state index < -0.39 is 0 Å². The maximum Gasteiger partial charge on any atom is 0.0276 e. The number of hydrogen-bond donors (Lipinski definition) is 0. The summed E-state index contributed by atoms with van der Waals surface area (Å²) in [6, 6.07) is 19.0. The summed E-state index contributed by atoms with van der Waals surface area (Å²) in [5.41, 5.74) is 6.95.